The van der Waals surface area contributed by atoms with E-state index < -0.39 is 0 Å². The van der Waals surface area contributed by atoms with Crippen LogP contribution in [0.4, 0.5) is 0 Å². The Labute approximate surface area is 167 Å². The lowest BCUT2D eigenvalue weighted by Crippen LogP contribution is -2.09. The molecule has 0 radical (unpaired) electrons. The molecule has 0 aromatic carbocycles. The maximum absolute atomic E-state index is 12.2. The van der Waals surface area contributed by atoms with E-state index in [1.165, 1.54) is 70.6 Å². The van der Waals surface area contributed by atoms with Crippen LogP contribution in [0.2, 0.25) is 0 Å². The molecular weight excluding hydrogens is 332 g/mol. The predicted octanol–water partition coefficient (Wildman–Crippen LogP) is 7.29. The smallest absolute Gasteiger partial charge is 0.198 e. The maximum atomic E-state index is 12.2. The number of Topliss-reactive ketones (excluding diaryl/α,β-unsaturated/α-hetero) is 1. The molecule has 0 saturated heterocycles. The maximum Gasteiger partial charge on any atom is 0.198 e. The van der Waals surface area contributed by atoms with Gasteiger partial charge in [-0.2, -0.15) is 0 Å². The highest BCUT2D eigenvalue weighted by Crippen LogP contribution is 2.11. The van der Waals surface area contributed by atoms with Crippen LogP contribution in [0, 0.1) is 0 Å². The molecule has 3 heteroatoms. The van der Waals surface area contributed by atoms with Gasteiger partial charge in [-0.1, -0.05) is 76.5 Å². The van der Waals surface area contributed by atoms with Crippen molar-refractivity contribution in [3.8, 4) is 0 Å². The van der Waals surface area contributed by atoms with Crippen molar-refractivity contribution < 1.29 is 4.79 Å². The number of imidazole rings is 1. The van der Waals surface area contributed by atoms with E-state index in [1.54, 1.807) is 12.3 Å². The molecular formula is C24H40N2O. The van der Waals surface area contributed by atoms with Crippen LogP contribution in [-0.2, 0) is 6.54 Å². The first-order valence-corrected chi connectivity index (χ1v) is 11.1. The predicted molar refractivity (Wildman–Crippen MR) is 116 cm³/mol. The Morgan fingerprint density at radius 1 is 0.963 bits per heavy atom. The van der Waals surface area contributed by atoms with Gasteiger partial charge in [0.1, 0.15) is 0 Å². The number of rotatable bonds is 18. The van der Waals surface area contributed by atoms with Crippen LogP contribution < -0.4 is 0 Å². The fourth-order valence-electron chi connectivity index (χ4n) is 3.32. The molecule has 0 amide bonds. The average molecular weight is 373 g/mol. The van der Waals surface area contributed by atoms with Crippen LogP contribution in [0.15, 0.2) is 37.2 Å². The zero-order valence-electron chi connectivity index (χ0n) is 17.5. The highest BCUT2D eigenvalue weighted by atomic mass is 16.1. The molecule has 0 spiro atoms. The summed E-state index contributed by atoms with van der Waals surface area (Å²) in [5.41, 5.74) is 0. The number of nitrogens with zero attached hydrogens (tertiary/aromatic N) is 2. The summed E-state index contributed by atoms with van der Waals surface area (Å²) in [5.74, 6) is 0.727. The van der Waals surface area contributed by atoms with Crippen LogP contribution in [0.3, 0.4) is 0 Å². The third-order valence-corrected chi connectivity index (χ3v) is 4.96. The van der Waals surface area contributed by atoms with Gasteiger partial charge >= 0.3 is 0 Å². The third-order valence-electron chi connectivity index (χ3n) is 4.96. The molecule has 3 nitrogen and oxygen atoms in total. The van der Waals surface area contributed by atoms with Crippen LogP contribution in [0.25, 0.3) is 0 Å². The lowest BCUT2D eigenvalue weighted by Gasteiger charge is -2.04. The van der Waals surface area contributed by atoms with E-state index in [9.17, 15) is 4.79 Å². The van der Waals surface area contributed by atoms with E-state index >= 15 is 0 Å². The Hall–Kier alpha value is -1.64. The SMILES string of the molecule is C=CCn1ccnc1C(=O)CCCCCCCC=CCCCCCCCC. The van der Waals surface area contributed by atoms with E-state index in [4.69, 9.17) is 0 Å². The Morgan fingerprint density at radius 3 is 2.19 bits per heavy atom. The van der Waals surface area contributed by atoms with Crippen molar-refractivity contribution in [1.29, 1.82) is 0 Å². The molecule has 0 N–H and O–H groups in total. The van der Waals surface area contributed by atoms with Gasteiger partial charge in [-0.25, -0.2) is 4.98 Å². The first-order chi connectivity index (χ1) is 13.3. The monoisotopic (exact) mass is 372 g/mol. The Kier molecular flexibility index (Phi) is 14.3. The normalized spacial score (nSPS) is 11.3. The molecule has 1 aromatic rings. The second-order valence-corrected chi connectivity index (χ2v) is 7.45. The summed E-state index contributed by atoms with van der Waals surface area (Å²) in [6.07, 6.45) is 27.2. The van der Waals surface area contributed by atoms with Gasteiger partial charge in [0.25, 0.3) is 0 Å². The molecule has 0 unspecified atom stereocenters. The highest BCUT2D eigenvalue weighted by molar-refractivity contribution is 5.92. The van der Waals surface area contributed by atoms with Crippen LogP contribution in [-0.4, -0.2) is 15.3 Å². The summed E-state index contributed by atoms with van der Waals surface area (Å²) in [4.78, 5) is 16.4. The summed E-state index contributed by atoms with van der Waals surface area (Å²) >= 11 is 0. The molecule has 27 heavy (non-hydrogen) atoms. The minimum atomic E-state index is 0.152. The van der Waals surface area contributed by atoms with E-state index in [2.05, 4.69) is 30.6 Å². The molecule has 1 aromatic heterocycles. The van der Waals surface area contributed by atoms with Gasteiger partial charge < -0.3 is 4.57 Å². The molecule has 0 aliphatic carbocycles. The number of allylic oxidation sites excluding steroid dienone is 3. The van der Waals surface area contributed by atoms with Crippen LogP contribution >= 0.6 is 0 Å². The molecule has 1 heterocycles. The first-order valence-electron chi connectivity index (χ1n) is 11.1. The van der Waals surface area contributed by atoms with Gasteiger partial charge in [0.05, 0.1) is 0 Å². The van der Waals surface area contributed by atoms with E-state index in [0.29, 0.717) is 18.8 Å². The zero-order chi connectivity index (χ0) is 19.6. The standard InChI is InChI=1S/C24H40N2O/c1-3-5-6-7-8-9-10-11-12-13-14-15-16-17-18-19-23(27)24-25-20-22-26(24)21-4-2/h4,11-12,20,22H,2-3,5-10,13-19,21H2,1H3. The van der Waals surface area contributed by atoms with Gasteiger partial charge in [0.15, 0.2) is 11.6 Å². The minimum absolute atomic E-state index is 0.152. The fraction of sp³-hybridized carbons (Fsp3) is 0.667. The van der Waals surface area contributed by atoms with Crippen molar-refractivity contribution >= 4 is 5.78 Å². The minimum Gasteiger partial charge on any atom is -0.325 e. The van der Waals surface area contributed by atoms with E-state index in [-0.39, 0.29) is 5.78 Å². The third kappa shape index (κ3) is 11.6. The van der Waals surface area contributed by atoms with E-state index in [1.807, 2.05) is 10.8 Å². The average Bonchev–Trinajstić information content (AvgIpc) is 3.13. The van der Waals surface area contributed by atoms with Crippen molar-refractivity contribution in [2.75, 3.05) is 0 Å². The van der Waals surface area contributed by atoms with Crippen molar-refractivity contribution in [2.45, 2.75) is 103 Å². The summed E-state index contributed by atoms with van der Waals surface area (Å²) < 4.78 is 1.87. The Balaban J connectivity index is 1.92. The van der Waals surface area contributed by atoms with E-state index in [0.717, 1.165) is 12.8 Å². The van der Waals surface area contributed by atoms with Gasteiger partial charge in [0, 0.05) is 25.4 Å². The van der Waals surface area contributed by atoms with Crippen molar-refractivity contribution in [1.82, 2.24) is 9.55 Å². The number of aromatic nitrogens is 2. The molecule has 0 fully saturated rings. The lowest BCUT2D eigenvalue weighted by atomic mass is 10.1. The molecule has 1 rings (SSSR count). The van der Waals surface area contributed by atoms with Crippen molar-refractivity contribution in [3.05, 3.63) is 43.0 Å². The van der Waals surface area contributed by atoms with Crippen LogP contribution in [0.5, 0.6) is 0 Å². The first kappa shape index (κ1) is 23.4. The van der Waals surface area contributed by atoms with Crippen molar-refractivity contribution in [3.63, 3.8) is 0 Å². The Bertz CT molecular complexity index is 530. The zero-order valence-corrected chi connectivity index (χ0v) is 17.5. The number of carbonyl (C=O) groups excluding carboxylic acids is 1. The largest absolute Gasteiger partial charge is 0.325 e. The van der Waals surface area contributed by atoms with Crippen LogP contribution in [0.1, 0.15) is 107 Å². The van der Waals surface area contributed by atoms with Crippen molar-refractivity contribution in [2.24, 2.45) is 0 Å². The summed E-state index contributed by atoms with van der Waals surface area (Å²) in [7, 11) is 0. The number of hydrogen-bond acceptors (Lipinski definition) is 2. The summed E-state index contributed by atoms with van der Waals surface area (Å²) in [6.45, 7) is 6.63. The summed E-state index contributed by atoms with van der Waals surface area (Å²) in [6, 6.07) is 0. The molecule has 0 saturated carbocycles. The number of ketones is 1. The molecule has 0 aliphatic heterocycles. The van der Waals surface area contributed by atoms with Gasteiger partial charge in [0.2, 0.25) is 0 Å². The van der Waals surface area contributed by atoms with Gasteiger partial charge in [-0.3, -0.25) is 4.79 Å². The molecule has 152 valence electrons. The number of unbranched alkanes of at least 4 members (excludes halogenated alkanes) is 11. The quantitative estimate of drug-likeness (QED) is 0.154. The number of hydrogen-bond donors (Lipinski definition) is 0. The fourth-order valence-corrected chi connectivity index (χ4v) is 3.32. The number of carbonyl (C=O) groups is 1. The summed E-state index contributed by atoms with van der Waals surface area (Å²) in [5, 5.41) is 0. The second kappa shape index (κ2) is 16.5. The van der Waals surface area contributed by atoms with Gasteiger partial charge in [-0.05, 0) is 32.1 Å². The molecule has 0 bridgehead atoms. The molecule has 0 aliphatic rings. The van der Waals surface area contributed by atoms with Gasteiger partial charge in [-0.15, -0.1) is 6.58 Å². The second-order valence-electron chi connectivity index (χ2n) is 7.45. The topological polar surface area (TPSA) is 34.9 Å². The highest BCUT2D eigenvalue weighted by Gasteiger charge is 2.11. The molecule has 0 atom stereocenters. The Morgan fingerprint density at radius 2 is 1.56 bits per heavy atom. The lowest BCUT2D eigenvalue weighted by molar-refractivity contribution is 0.0965.